The summed E-state index contributed by atoms with van der Waals surface area (Å²) in [6, 6.07) is 1.78. The van der Waals surface area contributed by atoms with Gasteiger partial charge in [-0.3, -0.25) is 19.3 Å². The van der Waals surface area contributed by atoms with Crippen LogP contribution >= 0.6 is 35.1 Å². The molecule has 2 aromatic rings. The van der Waals surface area contributed by atoms with E-state index in [1.165, 1.54) is 30.0 Å². The van der Waals surface area contributed by atoms with Crippen molar-refractivity contribution in [3.63, 3.8) is 0 Å². The smallest absolute Gasteiger partial charge is 0.352 e. The molecule has 1 aromatic carbocycles. The molecule has 2 aliphatic heterocycles. The second-order valence-corrected chi connectivity index (χ2v) is 10.4. The van der Waals surface area contributed by atoms with E-state index in [9.17, 15) is 34.5 Å². The first kappa shape index (κ1) is 25.7. The number of hydrogen-bond donors (Lipinski definition) is 6. The number of H-pyrrole nitrogens is 1. The van der Waals surface area contributed by atoms with Crippen LogP contribution in [0.25, 0.3) is 0 Å². The van der Waals surface area contributed by atoms with Crippen LogP contribution in [0.3, 0.4) is 0 Å². The predicted octanol–water partition coefficient (Wildman–Crippen LogP) is -0.0673. The van der Waals surface area contributed by atoms with Gasteiger partial charge in [-0.2, -0.15) is 0 Å². The van der Waals surface area contributed by atoms with E-state index in [1.54, 1.807) is 0 Å². The fraction of sp³-hybridized carbons (Fsp3) is 0.316. The van der Waals surface area contributed by atoms with Crippen LogP contribution < -0.4 is 11.1 Å². The molecule has 3 unspecified atom stereocenters. The third-order valence-corrected chi connectivity index (χ3v) is 8.18. The number of nitrogens with one attached hydrogen (secondary N) is 2. The minimum absolute atomic E-state index is 0.00291. The van der Waals surface area contributed by atoms with Crippen molar-refractivity contribution in [1.29, 1.82) is 0 Å². The number of aromatic hydroxyl groups is 1. The van der Waals surface area contributed by atoms with Gasteiger partial charge < -0.3 is 26.4 Å². The summed E-state index contributed by atoms with van der Waals surface area (Å²) in [6.07, 6.45) is -0.436. The normalized spacial score (nSPS) is 20.8. The molecule has 190 valence electrons. The summed E-state index contributed by atoms with van der Waals surface area (Å²) >= 11 is 7.99. The van der Waals surface area contributed by atoms with Gasteiger partial charge in [0.1, 0.15) is 28.9 Å². The van der Waals surface area contributed by atoms with E-state index in [1.807, 2.05) is 0 Å². The average molecular weight is 556 g/mol. The van der Waals surface area contributed by atoms with Crippen LogP contribution in [0.5, 0.6) is 5.75 Å². The number of hydrogen-bond acceptors (Lipinski definition) is 11. The number of halogens is 1. The third-order valence-electron chi connectivity index (χ3n) is 5.44. The van der Waals surface area contributed by atoms with Gasteiger partial charge in [-0.05, 0) is 33.7 Å². The highest BCUT2D eigenvalue weighted by Gasteiger charge is 2.55. The molecule has 2 aliphatic rings. The van der Waals surface area contributed by atoms with Gasteiger partial charge in [0.05, 0.1) is 11.4 Å². The number of carbonyl (C=O) groups is 4. The molecule has 1 fully saturated rings. The number of phenols is 1. The summed E-state index contributed by atoms with van der Waals surface area (Å²) in [5, 5.41) is 43.0. The fourth-order valence-electron chi connectivity index (χ4n) is 3.73. The lowest BCUT2D eigenvalue weighted by molar-refractivity contribution is -0.150. The maximum absolute atomic E-state index is 13.0. The molecule has 2 amide bonds. The Labute approximate surface area is 215 Å². The van der Waals surface area contributed by atoms with Gasteiger partial charge in [0, 0.05) is 11.0 Å². The van der Waals surface area contributed by atoms with Crippen LogP contribution in [0, 0.1) is 0 Å². The molecule has 36 heavy (non-hydrogen) atoms. The van der Waals surface area contributed by atoms with Gasteiger partial charge in [0.2, 0.25) is 11.1 Å². The second-order valence-electron chi connectivity index (χ2n) is 7.67. The number of carboxylic acid groups (broad SMARTS) is 2. The largest absolute Gasteiger partial charge is 0.506 e. The Balaban J connectivity index is 1.54. The molecule has 4 rings (SSSR count). The van der Waals surface area contributed by atoms with Crippen molar-refractivity contribution in [1.82, 2.24) is 30.8 Å². The summed E-state index contributed by atoms with van der Waals surface area (Å²) in [6.45, 7) is 0. The highest BCUT2D eigenvalue weighted by molar-refractivity contribution is 8.01. The predicted molar refractivity (Wildman–Crippen MR) is 126 cm³/mol. The number of phenolic OH excluding ortho intramolecular Hbond substituents is 1. The molecule has 1 saturated heterocycles. The fourth-order valence-corrected chi connectivity index (χ4v) is 6.46. The molecule has 0 bridgehead atoms. The van der Waals surface area contributed by atoms with Gasteiger partial charge >= 0.3 is 11.9 Å². The molecule has 7 N–H and O–H groups in total. The monoisotopic (exact) mass is 555 g/mol. The van der Waals surface area contributed by atoms with E-state index >= 15 is 0 Å². The standard InChI is InChI=1S/C19H18ClN7O7S2/c20-8-3-6(1-2-9(8)28)12(21)15(31)22-13-16(32)27-14(18(33)34)7(5-35-17(13)27)10(4-11(29)30)36-19-23-25-26-24-19/h1-3,10,12-13,17,28H,4-5,21H2,(H,22,31)(H,29,30)(H,33,34)(H,23,24,25,26)/t10?,12?,13?,17-/m0/s1. The SMILES string of the molecule is NC(C(=O)NC1C(=O)N2C(C(=O)O)=C(C(CC(=O)O)Sc3nnn[nH]3)CS[C@@H]12)c1ccc(O)c(Cl)c1. The number of nitrogens with two attached hydrogens (primary N) is 1. The first-order chi connectivity index (χ1) is 17.1. The van der Waals surface area contributed by atoms with E-state index in [4.69, 9.17) is 17.3 Å². The summed E-state index contributed by atoms with van der Waals surface area (Å²) < 4.78 is 0. The Hall–Kier alpha value is -3.34. The van der Waals surface area contributed by atoms with Gasteiger partial charge in [0.15, 0.2) is 0 Å². The Kier molecular flexibility index (Phi) is 7.39. The van der Waals surface area contributed by atoms with Gasteiger partial charge in [-0.25, -0.2) is 9.89 Å². The van der Waals surface area contributed by atoms with Crippen LogP contribution in [0.15, 0.2) is 34.6 Å². The quantitative estimate of drug-likeness (QED) is 0.176. The van der Waals surface area contributed by atoms with Crippen LogP contribution in [0.4, 0.5) is 0 Å². The van der Waals surface area contributed by atoms with Crippen molar-refractivity contribution in [2.75, 3.05) is 5.75 Å². The lowest BCUT2D eigenvalue weighted by atomic mass is 9.99. The molecule has 0 spiro atoms. The molecule has 0 radical (unpaired) electrons. The number of benzene rings is 1. The number of carbonyl (C=O) groups excluding carboxylic acids is 2. The molecule has 3 heterocycles. The maximum Gasteiger partial charge on any atom is 0.352 e. The molecule has 0 aliphatic carbocycles. The van der Waals surface area contributed by atoms with E-state index in [0.29, 0.717) is 5.56 Å². The zero-order valence-electron chi connectivity index (χ0n) is 18.0. The Morgan fingerprint density at radius 2 is 2.11 bits per heavy atom. The van der Waals surface area contributed by atoms with Crippen molar-refractivity contribution < 1.29 is 34.5 Å². The van der Waals surface area contributed by atoms with Crippen molar-refractivity contribution in [2.45, 2.75) is 34.3 Å². The van der Waals surface area contributed by atoms with Crippen LogP contribution in [0.1, 0.15) is 18.0 Å². The molecule has 14 nitrogen and oxygen atoms in total. The lowest BCUT2D eigenvalue weighted by Crippen LogP contribution is -2.71. The van der Waals surface area contributed by atoms with Gasteiger partial charge in [-0.15, -0.1) is 16.9 Å². The van der Waals surface area contributed by atoms with Crippen LogP contribution in [-0.2, 0) is 19.2 Å². The van der Waals surface area contributed by atoms with Crippen molar-refractivity contribution in [2.24, 2.45) is 5.73 Å². The number of amides is 2. The number of aliphatic carboxylic acids is 2. The number of carboxylic acids is 2. The molecular weight excluding hydrogens is 538 g/mol. The zero-order chi connectivity index (χ0) is 26.1. The number of β-lactam (4-membered cyclic amide) rings is 1. The number of fused-ring (bicyclic) bond motifs is 1. The van der Waals surface area contributed by atoms with Crippen LogP contribution in [0.2, 0.25) is 5.02 Å². The van der Waals surface area contributed by atoms with E-state index in [2.05, 4.69) is 25.9 Å². The maximum atomic E-state index is 13.0. The average Bonchev–Trinajstić information content (AvgIpc) is 3.34. The summed E-state index contributed by atoms with van der Waals surface area (Å²) in [5.74, 6) is -4.04. The van der Waals surface area contributed by atoms with E-state index < -0.39 is 52.9 Å². The highest BCUT2D eigenvalue weighted by atomic mass is 35.5. The molecule has 17 heteroatoms. The van der Waals surface area contributed by atoms with Gasteiger partial charge in [-0.1, -0.05) is 29.4 Å². The number of thioether (sulfide) groups is 2. The highest BCUT2D eigenvalue weighted by Crippen LogP contribution is 2.44. The Bertz CT molecular complexity index is 1260. The van der Waals surface area contributed by atoms with Crippen molar-refractivity contribution >= 4 is 58.9 Å². The van der Waals surface area contributed by atoms with E-state index in [-0.39, 0.29) is 33.0 Å². The van der Waals surface area contributed by atoms with E-state index in [0.717, 1.165) is 16.7 Å². The first-order valence-electron chi connectivity index (χ1n) is 10.2. The number of aromatic amines is 1. The Morgan fingerprint density at radius 3 is 2.72 bits per heavy atom. The minimum atomic E-state index is -1.41. The zero-order valence-corrected chi connectivity index (χ0v) is 20.4. The number of tetrazole rings is 1. The van der Waals surface area contributed by atoms with Crippen molar-refractivity contribution in [3.05, 3.63) is 40.1 Å². The molecular formula is C19H18ClN7O7S2. The molecule has 1 aromatic heterocycles. The van der Waals surface area contributed by atoms with Crippen molar-refractivity contribution in [3.8, 4) is 5.75 Å². The topological polar surface area (TPSA) is 225 Å². The minimum Gasteiger partial charge on any atom is -0.506 e. The molecule has 0 saturated carbocycles. The third kappa shape index (κ3) is 4.97. The molecule has 4 atom stereocenters. The summed E-state index contributed by atoms with van der Waals surface area (Å²) in [4.78, 5) is 50.3. The van der Waals surface area contributed by atoms with Gasteiger partial charge in [0.25, 0.3) is 5.91 Å². The van der Waals surface area contributed by atoms with Crippen LogP contribution in [-0.4, -0.2) is 87.0 Å². The number of rotatable bonds is 9. The lowest BCUT2D eigenvalue weighted by Gasteiger charge is -2.50. The second kappa shape index (κ2) is 10.3. The number of nitrogens with zero attached hydrogens (tertiary/aromatic N) is 4. The Morgan fingerprint density at radius 1 is 1.36 bits per heavy atom. The summed E-state index contributed by atoms with van der Waals surface area (Å²) in [7, 11) is 0. The first-order valence-corrected chi connectivity index (χ1v) is 12.5. The number of aromatic nitrogens is 4. The summed E-state index contributed by atoms with van der Waals surface area (Å²) in [5.41, 5.74) is 6.17.